The van der Waals surface area contributed by atoms with E-state index in [-0.39, 0.29) is 0 Å². The van der Waals surface area contributed by atoms with Crippen LogP contribution in [0.2, 0.25) is 0 Å². The van der Waals surface area contributed by atoms with Crippen LogP contribution >= 0.6 is 0 Å². The quantitative estimate of drug-likeness (QED) is 0.551. The fraction of sp³-hybridized carbons (Fsp3) is 0.500. The summed E-state index contributed by atoms with van der Waals surface area (Å²) in [6, 6.07) is 0. The molecule has 1 saturated carbocycles. The third kappa shape index (κ3) is 1.38. The molecule has 0 aromatic rings. The summed E-state index contributed by atoms with van der Waals surface area (Å²) < 4.78 is 0. The lowest BCUT2D eigenvalue weighted by Gasteiger charge is -2.22. The highest BCUT2D eigenvalue weighted by molar-refractivity contribution is 5.31. The summed E-state index contributed by atoms with van der Waals surface area (Å²) >= 11 is 0. The van der Waals surface area contributed by atoms with E-state index in [0.29, 0.717) is 5.92 Å². The molecule has 1 atom stereocenters. The fourth-order valence-electron chi connectivity index (χ4n) is 2.37. The predicted molar refractivity (Wildman–Crippen MR) is 52.9 cm³/mol. The van der Waals surface area contributed by atoms with Crippen molar-refractivity contribution < 1.29 is 0 Å². The second-order valence-electron chi connectivity index (χ2n) is 3.89. The molecule has 2 aliphatic rings. The largest absolute Gasteiger partial charge is 0.0952 e. The van der Waals surface area contributed by atoms with Crippen LogP contribution in [-0.2, 0) is 0 Å². The number of allylic oxidation sites excluding steroid dienone is 5. The Morgan fingerprint density at radius 3 is 2.58 bits per heavy atom. The van der Waals surface area contributed by atoms with Gasteiger partial charge in [-0.25, -0.2) is 0 Å². The third-order valence-electron chi connectivity index (χ3n) is 3.08. The predicted octanol–water partition coefficient (Wildman–Crippen LogP) is 3.48. The summed E-state index contributed by atoms with van der Waals surface area (Å²) in [5, 5.41) is 0. The van der Waals surface area contributed by atoms with Crippen molar-refractivity contribution in [3.63, 3.8) is 0 Å². The van der Waals surface area contributed by atoms with Crippen molar-refractivity contribution in [1.29, 1.82) is 0 Å². The molecule has 2 rings (SSSR count). The molecular weight excluding hydrogens is 144 g/mol. The van der Waals surface area contributed by atoms with E-state index >= 15 is 0 Å². The maximum atomic E-state index is 4.10. The van der Waals surface area contributed by atoms with E-state index in [1.165, 1.54) is 31.3 Å². The molecule has 0 saturated heterocycles. The highest BCUT2D eigenvalue weighted by Gasteiger charge is 2.24. The Morgan fingerprint density at radius 1 is 1.17 bits per heavy atom. The van der Waals surface area contributed by atoms with Crippen molar-refractivity contribution >= 4 is 0 Å². The Morgan fingerprint density at radius 2 is 1.92 bits per heavy atom. The van der Waals surface area contributed by atoms with Gasteiger partial charge in [-0.2, -0.15) is 0 Å². The Hall–Kier alpha value is -0.780. The van der Waals surface area contributed by atoms with Crippen LogP contribution in [0.4, 0.5) is 0 Å². The van der Waals surface area contributed by atoms with Gasteiger partial charge in [0.2, 0.25) is 0 Å². The van der Waals surface area contributed by atoms with E-state index in [2.05, 4.69) is 30.9 Å². The van der Waals surface area contributed by atoms with Crippen molar-refractivity contribution in [1.82, 2.24) is 0 Å². The van der Waals surface area contributed by atoms with E-state index in [9.17, 15) is 0 Å². The molecule has 0 aliphatic heterocycles. The molecular formula is C12H16. The van der Waals surface area contributed by atoms with Crippen LogP contribution in [-0.4, -0.2) is 0 Å². The van der Waals surface area contributed by atoms with Gasteiger partial charge in [-0.05, 0) is 24.3 Å². The zero-order valence-corrected chi connectivity index (χ0v) is 7.50. The Balaban J connectivity index is 2.07. The molecule has 0 bridgehead atoms. The van der Waals surface area contributed by atoms with Crippen LogP contribution in [0.3, 0.4) is 0 Å². The standard InChI is InChI=1S/C12H16/c1-10-6-2-5-9-12(10)11-7-3-4-8-11/h2,5-6,9,11-12H,1,3-4,7-8H2. The maximum Gasteiger partial charge on any atom is 0.00435 e. The summed E-state index contributed by atoms with van der Waals surface area (Å²) in [5.74, 6) is 1.54. The summed E-state index contributed by atoms with van der Waals surface area (Å²) in [4.78, 5) is 0. The lowest BCUT2D eigenvalue weighted by atomic mass is 9.83. The van der Waals surface area contributed by atoms with Crippen molar-refractivity contribution in [2.24, 2.45) is 11.8 Å². The van der Waals surface area contributed by atoms with Gasteiger partial charge in [-0.15, -0.1) is 0 Å². The van der Waals surface area contributed by atoms with Crippen LogP contribution in [0.15, 0.2) is 36.5 Å². The van der Waals surface area contributed by atoms with Crippen LogP contribution in [0, 0.1) is 11.8 Å². The molecule has 0 spiro atoms. The summed E-state index contributed by atoms with van der Waals surface area (Å²) in [7, 11) is 0. The SMILES string of the molecule is C=C1C=CC=CC1C1CCCC1. The van der Waals surface area contributed by atoms with Gasteiger partial charge >= 0.3 is 0 Å². The van der Waals surface area contributed by atoms with Gasteiger partial charge < -0.3 is 0 Å². The monoisotopic (exact) mass is 160 g/mol. The van der Waals surface area contributed by atoms with Crippen molar-refractivity contribution in [3.8, 4) is 0 Å². The average molecular weight is 160 g/mol. The molecule has 0 heteroatoms. The second kappa shape index (κ2) is 3.30. The first-order valence-corrected chi connectivity index (χ1v) is 4.91. The maximum absolute atomic E-state index is 4.10. The number of hydrogen-bond acceptors (Lipinski definition) is 0. The molecule has 2 aliphatic carbocycles. The molecule has 1 fully saturated rings. The number of hydrogen-bond donors (Lipinski definition) is 0. The first-order chi connectivity index (χ1) is 5.88. The smallest absolute Gasteiger partial charge is 0.00435 e. The molecule has 0 amide bonds. The Bertz CT molecular complexity index is 226. The fourth-order valence-corrected chi connectivity index (χ4v) is 2.37. The Labute approximate surface area is 74.7 Å². The first kappa shape index (κ1) is 7.85. The van der Waals surface area contributed by atoms with Gasteiger partial charge in [0, 0.05) is 5.92 Å². The molecule has 64 valence electrons. The van der Waals surface area contributed by atoms with Crippen molar-refractivity contribution in [2.45, 2.75) is 25.7 Å². The number of rotatable bonds is 1. The molecule has 0 heterocycles. The van der Waals surface area contributed by atoms with E-state index < -0.39 is 0 Å². The molecule has 0 N–H and O–H groups in total. The molecule has 12 heavy (non-hydrogen) atoms. The van der Waals surface area contributed by atoms with E-state index in [1.54, 1.807) is 0 Å². The van der Waals surface area contributed by atoms with Crippen LogP contribution in [0.1, 0.15) is 25.7 Å². The summed E-state index contributed by atoms with van der Waals surface area (Å²) in [6.45, 7) is 4.10. The molecule has 0 radical (unpaired) electrons. The lowest BCUT2D eigenvalue weighted by molar-refractivity contribution is 0.457. The third-order valence-corrected chi connectivity index (χ3v) is 3.08. The van der Waals surface area contributed by atoms with Crippen LogP contribution in [0.5, 0.6) is 0 Å². The van der Waals surface area contributed by atoms with Gasteiger partial charge in [-0.1, -0.05) is 43.7 Å². The summed E-state index contributed by atoms with van der Waals surface area (Å²) in [5.41, 5.74) is 1.31. The average Bonchev–Trinajstić information content (AvgIpc) is 2.57. The molecule has 1 unspecified atom stereocenters. The molecule has 0 aromatic carbocycles. The van der Waals surface area contributed by atoms with Crippen LogP contribution in [0.25, 0.3) is 0 Å². The Kier molecular flexibility index (Phi) is 2.16. The van der Waals surface area contributed by atoms with E-state index in [1.807, 2.05) is 0 Å². The lowest BCUT2D eigenvalue weighted by Crippen LogP contribution is -2.11. The minimum Gasteiger partial charge on any atom is -0.0952 e. The first-order valence-electron chi connectivity index (χ1n) is 4.91. The topological polar surface area (TPSA) is 0 Å². The van der Waals surface area contributed by atoms with Gasteiger partial charge in [0.15, 0.2) is 0 Å². The minimum absolute atomic E-state index is 0.650. The normalized spacial score (nSPS) is 30.0. The molecule has 0 nitrogen and oxygen atoms in total. The second-order valence-corrected chi connectivity index (χ2v) is 3.89. The van der Waals surface area contributed by atoms with Crippen molar-refractivity contribution in [2.75, 3.05) is 0 Å². The van der Waals surface area contributed by atoms with E-state index in [4.69, 9.17) is 0 Å². The van der Waals surface area contributed by atoms with Gasteiger partial charge in [0.05, 0.1) is 0 Å². The van der Waals surface area contributed by atoms with E-state index in [0.717, 1.165) is 5.92 Å². The minimum atomic E-state index is 0.650. The van der Waals surface area contributed by atoms with Crippen molar-refractivity contribution in [3.05, 3.63) is 36.5 Å². The zero-order valence-electron chi connectivity index (χ0n) is 7.50. The molecule has 0 aromatic heterocycles. The van der Waals surface area contributed by atoms with Gasteiger partial charge in [0.1, 0.15) is 0 Å². The van der Waals surface area contributed by atoms with Gasteiger partial charge in [-0.3, -0.25) is 0 Å². The highest BCUT2D eigenvalue weighted by atomic mass is 14.3. The summed E-state index contributed by atoms with van der Waals surface area (Å²) in [6.07, 6.45) is 14.4. The van der Waals surface area contributed by atoms with Gasteiger partial charge in [0.25, 0.3) is 0 Å². The highest BCUT2D eigenvalue weighted by Crippen LogP contribution is 2.36. The zero-order chi connectivity index (χ0) is 8.39. The van der Waals surface area contributed by atoms with Crippen LogP contribution < -0.4 is 0 Å².